The first-order chi connectivity index (χ1) is 13.5. The molecule has 0 unspecified atom stereocenters. The molecule has 1 aliphatic carbocycles. The molecular weight excluding hydrogens is 594 g/mol. The molecule has 0 bridgehead atoms. The normalized spacial score (nSPS) is 15.8. The van der Waals surface area contributed by atoms with E-state index in [2.05, 4.69) is 31.9 Å². The van der Waals surface area contributed by atoms with Crippen LogP contribution in [0.3, 0.4) is 0 Å². The number of allylic oxidation sites excluding steroid dienone is 5. The first kappa shape index (κ1) is 25.8. The van der Waals surface area contributed by atoms with Gasteiger partial charge in [-0.1, -0.05) is 63.1 Å². The number of Topliss-reactive ketones (excluding diaryl/α,β-unsaturated/α-hetero) is 1. The van der Waals surface area contributed by atoms with E-state index < -0.39 is 21.7 Å². The molecule has 0 saturated heterocycles. The summed E-state index contributed by atoms with van der Waals surface area (Å²) in [4.78, 5) is 11.6. The van der Waals surface area contributed by atoms with E-state index in [4.69, 9.17) is 23.2 Å². The molecule has 5 nitrogen and oxygen atoms in total. The Morgan fingerprint density at radius 2 is 1.70 bits per heavy atom. The maximum Gasteiger partial charge on any atom is 1.00 e. The van der Waals surface area contributed by atoms with E-state index in [0.717, 1.165) is 0 Å². The van der Waals surface area contributed by atoms with Gasteiger partial charge in [-0.3, -0.25) is 9.35 Å². The van der Waals surface area contributed by atoms with Gasteiger partial charge in [0.2, 0.25) is 5.78 Å². The summed E-state index contributed by atoms with van der Waals surface area (Å²) in [6.07, 6.45) is 2.84. The molecule has 0 spiro atoms. The molecule has 1 N–H and O–H groups in total. The van der Waals surface area contributed by atoms with Gasteiger partial charge in [-0.2, -0.15) is 8.42 Å². The van der Waals surface area contributed by atoms with E-state index in [-0.39, 0.29) is 59.0 Å². The Morgan fingerprint density at radius 3 is 2.27 bits per heavy atom. The zero-order valence-corrected chi connectivity index (χ0v) is 22.6. The Labute approximate surface area is 221 Å². The van der Waals surface area contributed by atoms with Crippen LogP contribution in [0.15, 0.2) is 73.0 Å². The first-order valence-electron chi connectivity index (χ1n) is 7.77. The number of benzene rings is 2. The molecule has 0 heterocycles. The molecule has 0 aromatic heterocycles. The molecule has 0 atom stereocenters. The summed E-state index contributed by atoms with van der Waals surface area (Å²) in [5, 5.41) is 11.8. The van der Waals surface area contributed by atoms with Gasteiger partial charge < -0.3 is 5.11 Å². The quantitative estimate of drug-likeness (QED) is 0.430. The third-order valence-electron chi connectivity index (χ3n) is 4.01. The van der Waals surface area contributed by atoms with Crippen LogP contribution in [0.2, 0.25) is 5.02 Å². The standard InChI is InChI=1S/C19H10Br2Cl2O5S.Na/c20-12-5-9(7-14(22)18(12)24)17(10-6-13(21)19(25)15(23)8-10)11-3-1-2-4-16(11)29(26,27)28;/h1-8,24H,(H,26,27,28);/q;+1/p-1/b17-10+;. The average molecular weight is 603 g/mol. The molecule has 0 amide bonds. The maximum absolute atomic E-state index is 12.0. The summed E-state index contributed by atoms with van der Waals surface area (Å²) < 4.78 is 34.0. The SMILES string of the molecule is O=C1C(Cl)=C/C(=C(\c2cc(Cl)c([O-])c(Br)c2)c2ccccc2S(=O)(=O)O)C=C1Br.[Na+]. The van der Waals surface area contributed by atoms with Gasteiger partial charge in [-0.25, -0.2) is 0 Å². The molecule has 0 fully saturated rings. The molecule has 2 aromatic carbocycles. The molecular formula is C19H9Br2Cl2NaO5S. The van der Waals surface area contributed by atoms with E-state index in [1.807, 2.05) is 0 Å². The van der Waals surface area contributed by atoms with Gasteiger partial charge in [0.05, 0.1) is 9.51 Å². The van der Waals surface area contributed by atoms with Gasteiger partial charge in [0, 0.05) is 15.1 Å². The van der Waals surface area contributed by atoms with Crippen molar-refractivity contribution in [3.8, 4) is 5.75 Å². The van der Waals surface area contributed by atoms with Crippen LogP contribution < -0.4 is 34.7 Å². The van der Waals surface area contributed by atoms with Gasteiger partial charge in [-0.15, -0.1) is 0 Å². The van der Waals surface area contributed by atoms with Crippen LogP contribution in [0.4, 0.5) is 0 Å². The van der Waals surface area contributed by atoms with Crippen molar-refractivity contribution in [1.29, 1.82) is 0 Å². The Morgan fingerprint density at radius 1 is 1.07 bits per heavy atom. The summed E-state index contributed by atoms with van der Waals surface area (Å²) in [6.45, 7) is 0. The summed E-state index contributed by atoms with van der Waals surface area (Å²) in [5.74, 6) is -0.876. The van der Waals surface area contributed by atoms with Crippen LogP contribution >= 0.6 is 55.1 Å². The number of halogens is 4. The molecule has 0 aliphatic heterocycles. The Balaban J connectivity index is 0.00000320. The monoisotopic (exact) mass is 600 g/mol. The van der Waals surface area contributed by atoms with Crippen LogP contribution in [0, 0.1) is 0 Å². The van der Waals surface area contributed by atoms with Crippen molar-refractivity contribution >= 4 is 76.5 Å². The topological polar surface area (TPSA) is 94.5 Å². The van der Waals surface area contributed by atoms with Crippen LogP contribution in [0.1, 0.15) is 11.1 Å². The summed E-state index contributed by atoms with van der Waals surface area (Å²) in [6, 6.07) is 8.60. The summed E-state index contributed by atoms with van der Waals surface area (Å²) in [7, 11) is -4.59. The Bertz CT molecular complexity index is 1210. The average Bonchev–Trinajstić information content (AvgIpc) is 2.64. The predicted molar refractivity (Wildman–Crippen MR) is 117 cm³/mol. The fourth-order valence-corrected chi connectivity index (χ4v) is 5.07. The number of rotatable bonds is 3. The second-order valence-electron chi connectivity index (χ2n) is 5.88. The Kier molecular flexibility index (Phi) is 8.63. The van der Waals surface area contributed by atoms with Gasteiger partial charge in [0.1, 0.15) is 4.90 Å². The summed E-state index contributed by atoms with van der Waals surface area (Å²) >= 11 is 18.4. The van der Waals surface area contributed by atoms with Crippen LogP contribution in [0.25, 0.3) is 5.57 Å². The molecule has 150 valence electrons. The third kappa shape index (κ3) is 5.31. The van der Waals surface area contributed by atoms with E-state index >= 15 is 0 Å². The van der Waals surface area contributed by atoms with E-state index in [0.29, 0.717) is 16.7 Å². The van der Waals surface area contributed by atoms with Crippen molar-refractivity contribution in [1.82, 2.24) is 0 Å². The molecule has 2 aromatic rings. The number of carbonyl (C=O) groups excluding carboxylic acids is 1. The maximum atomic E-state index is 12.0. The van der Waals surface area contributed by atoms with Gasteiger partial charge in [-0.05, 0) is 63.0 Å². The number of carbonyl (C=O) groups is 1. The van der Waals surface area contributed by atoms with E-state index in [9.17, 15) is 22.9 Å². The van der Waals surface area contributed by atoms with Crippen LogP contribution in [0.5, 0.6) is 5.75 Å². The second-order valence-corrected chi connectivity index (χ2v) is 9.80. The molecule has 30 heavy (non-hydrogen) atoms. The first-order valence-corrected chi connectivity index (χ1v) is 11.6. The Hall–Kier alpha value is -0.420. The van der Waals surface area contributed by atoms with Crippen molar-refractivity contribution in [2.45, 2.75) is 4.90 Å². The molecule has 1 aliphatic rings. The predicted octanol–water partition coefficient (Wildman–Crippen LogP) is 2.21. The molecule has 0 saturated carbocycles. The number of hydrogen-bond acceptors (Lipinski definition) is 4. The second kappa shape index (κ2) is 10.0. The van der Waals surface area contributed by atoms with Crippen molar-refractivity contribution in [2.24, 2.45) is 0 Å². The minimum Gasteiger partial charge on any atom is -0.871 e. The number of hydrogen-bond donors (Lipinski definition) is 1. The van der Waals surface area contributed by atoms with Crippen LogP contribution in [-0.2, 0) is 14.9 Å². The fraction of sp³-hybridized carbons (Fsp3) is 0. The van der Waals surface area contributed by atoms with Gasteiger partial charge in [0.25, 0.3) is 10.1 Å². The molecule has 0 radical (unpaired) electrons. The number of ketones is 1. The zero-order valence-electron chi connectivity index (χ0n) is 15.1. The summed E-state index contributed by atoms with van der Waals surface area (Å²) in [5.41, 5.74) is 1.18. The van der Waals surface area contributed by atoms with Crippen molar-refractivity contribution in [3.05, 3.63) is 84.3 Å². The fourth-order valence-electron chi connectivity index (χ4n) is 2.78. The van der Waals surface area contributed by atoms with Crippen LogP contribution in [-0.4, -0.2) is 18.8 Å². The van der Waals surface area contributed by atoms with Crippen molar-refractivity contribution in [3.63, 3.8) is 0 Å². The van der Waals surface area contributed by atoms with Gasteiger partial charge in [0.15, 0.2) is 0 Å². The molecule has 3 rings (SSSR count). The third-order valence-corrected chi connectivity index (χ3v) is 6.66. The minimum atomic E-state index is -4.59. The molecule has 11 heteroatoms. The smallest absolute Gasteiger partial charge is 0.871 e. The minimum absolute atomic E-state index is 0. The largest absolute Gasteiger partial charge is 1.00 e. The van der Waals surface area contributed by atoms with Crippen molar-refractivity contribution < 1.29 is 52.4 Å². The zero-order chi connectivity index (χ0) is 21.5. The van der Waals surface area contributed by atoms with E-state index in [1.165, 1.54) is 42.5 Å². The van der Waals surface area contributed by atoms with E-state index in [1.54, 1.807) is 6.07 Å². The van der Waals surface area contributed by atoms with Crippen molar-refractivity contribution in [2.75, 3.05) is 0 Å². The van der Waals surface area contributed by atoms with Gasteiger partial charge >= 0.3 is 29.6 Å².